The maximum atomic E-state index is 13.2. The van der Waals surface area contributed by atoms with Gasteiger partial charge in [-0.3, -0.25) is 24.9 Å². The van der Waals surface area contributed by atoms with Crippen LogP contribution in [0.25, 0.3) is 10.9 Å². The van der Waals surface area contributed by atoms with Crippen LogP contribution < -0.4 is 5.43 Å². The molecule has 1 N–H and O–H groups in total. The molecular formula is C22H14Cl2N4O3. The van der Waals surface area contributed by atoms with E-state index in [0.29, 0.717) is 27.4 Å². The zero-order chi connectivity index (χ0) is 22.0. The van der Waals surface area contributed by atoms with Crippen molar-refractivity contribution >= 4 is 57.6 Å². The smallest absolute Gasteiger partial charge is 0.271 e. The molecule has 3 aromatic carbocycles. The summed E-state index contributed by atoms with van der Waals surface area (Å²) in [5.74, 6) is -0.363. The number of carbonyl (C=O) groups excluding carboxylic acids is 1. The first-order valence-corrected chi connectivity index (χ1v) is 9.84. The van der Waals surface area contributed by atoms with Crippen LogP contribution in [0.1, 0.15) is 15.9 Å². The van der Waals surface area contributed by atoms with E-state index in [-0.39, 0.29) is 16.7 Å². The molecule has 1 aromatic heterocycles. The van der Waals surface area contributed by atoms with Gasteiger partial charge in [-0.25, -0.2) is 0 Å². The third-order valence-corrected chi connectivity index (χ3v) is 5.31. The number of halogens is 2. The molecule has 0 fully saturated rings. The lowest BCUT2D eigenvalue weighted by molar-refractivity contribution is -0.384. The molecule has 4 aromatic rings. The lowest BCUT2D eigenvalue weighted by atomic mass is 10.2. The van der Waals surface area contributed by atoms with Gasteiger partial charge in [0, 0.05) is 23.1 Å². The fourth-order valence-electron chi connectivity index (χ4n) is 3.17. The van der Waals surface area contributed by atoms with E-state index in [9.17, 15) is 14.9 Å². The van der Waals surface area contributed by atoms with Crippen LogP contribution in [0, 0.1) is 10.1 Å². The SMILES string of the molecule is O=C(c1ccccc1Cl)n1c(Cl)c(C=NNc2cccc([N+](=O)[O-])c2)c2ccccc21. The summed E-state index contributed by atoms with van der Waals surface area (Å²) in [5, 5.41) is 16.3. The van der Waals surface area contributed by atoms with Crippen LogP contribution in [0.5, 0.6) is 0 Å². The normalized spacial score (nSPS) is 11.2. The van der Waals surface area contributed by atoms with Gasteiger partial charge in [0.25, 0.3) is 11.6 Å². The van der Waals surface area contributed by atoms with Gasteiger partial charge in [0.2, 0.25) is 0 Å². The average molecular weight is 453 g/mol. The molecule has 0 saturated carbocycles. The molecule has 0 aliphatic heterocycles. The number of nitrogens with one attached hydrogen (secondary N) is 1. The van der Waals surface area contributed by atoms with Crippen LogP contribution in [0.3, 0.4) is 0 Å². The molecule has 31 heavy (non-hydrogen) atoms. The minimum atomic E-state index is -0.486. The largest absolute Gasteiger partial charge is 0.278 e. The summed E-state index contributed by atoms with van der Waals surface area (Å²) < 4.78 is 1.38. The molecule has 4 rings (SSSR count). The van der Waals surface area contributed by atoms with Gasteiger partial charge in [-0.1, -0.05) is 59.6 Å². The first-order valence-electron chi connectivity index (χ1n) is 9.09. The van der Waals surface area contributed by atoms with Crippen LogP contribution >= 0.6 is 23.2 Å². The summed E-state index contributed by atoms with van der Waals surface area (Å²) in [6.07, 6.45) is 1.47. The second-order valence-corrected chi connectivity index (χ2v) is 7.28. The highest BCUT2D eigenvalue weighted by Crippen LogP contribution is 2.31. The van der Waals surface area contributed by atoms with E-state index in [1.807, 2.05) is 12.1 Å². The second kappa shape index (κ2) is 8.59. The van der Waals surface area contributed by atoms with Crippen molar-refractivity contribution < 1.29 is 9.72 Å². The van der Waals surface area contributed by atoms with Crippen molar-refractivity contribution in [3.05, 3.63) is 104 Å². The van der Waals surface area contributed by atoms with Gasteiger partial charge < -0.3 is 0 Å². The highest BCUT2D eigenvalue weighted by Gasteiger charge is 2.21. The quantitative estimate of drug-likeness (QED) is 0.228. The van der Waals surface area contributed by atoms with Gasteiger partial charge in [-0.2, -0.15) is 5.10 Å². The third kappa shape index (κ3) is 4.01. The molecule has 1 heterocycles. The molecule has 0 amide bonds. The fourth-order valence-corrected chi connectivity index (χ4v) is 3.71. The number of anilines is 1. The molecule has 0 aliphatic rings. The molecule has 9 heteroatoms. The van der Waals surface area contributed by atoms with Gasteiger partial charge in [-0.05, 0) is 24.3 Å². The maximum Gasteiger partial charge on any atom is 0.271 e. The number of non-ortho nitro benzene ring substituents is 1. The molecule has 154 valence electrons. The Morgan fingerprint density at radius 1 is 1.03 bits per heavy atom. The zero-order valence-corrected chi connectivity index (χ0v) is 17.3. The number of nitro groups is 1. The van der Waals surface area contributed by atoms with E-state index in [2.05, 4.69) is 10.5 Å². The average Bonchev–Trinajstić information content (AvgIpc) is 3.05. The van der Waals surface area contributed by atoms with Gasteiger partial charge in [0.15, 0.2) is 0 Å². The van der Waals surface area contributed by atoms with Crippen LogP contribution in [0.2, 0.25) is 10.2 Å². The van der Waals surface area contributed by atoms with E-state index in [4.69, 9.17) is 23.2 Å². The van der Waals surface area contributed by atoms with E-state index in [0.717, 1.165) is 5.39 Å². The molecule has 0 aliphatic carbocycles. The summed E-state index contributed by atoms with van der Waals surface area (Å²) in [7, 11) is 0. The lowest BCUT2D eigenvalue weighted by Crippen LogP contribution is -2.12. The summed E-state index contributed by atoms with van der Waals surface area (Å²) in [6.45, 7) is 0. The van der Waals surface area contributed by atoms with Crippen molar-refractivity contribution in [2.24, 2.45) is 5.10 Å². The Balaban J connectivity index is 1.73. The van der Waals surface area contributed by atoms with Crippen molar-refractivity contribution in [3.8, 4) is 0 Å². The van der Waals surface area contributed by atoms with Crippen LogP contribution in [0.4, 0.5) is 11.4 Å². The first kappa shape index (κ1) is 20.6. The standard InChI is InChI=1S/C22H14Cl2N4O3/c23-19-10-3-1-9-17(19)22(29)27-20-11-4-2-8-16(20)18(21(27)24)13-25-26-14-6-5-7-15(12-14)28(30)31/h1-13,26H. The Kier molecular flexibility index (Phi) is 5.70. The van der Waals surface area contributed by atoms with E-state index in [1.165, 1.54) is 22.9 Å². The van der Waals surface area contributed by atoms with Crippen molar-refractivity contribution in [1.82, 2.24) is 4.57 Å². The second-order valence-electron chi connectivity index (χ2n) is 6.52. The molecule has 0 radical (unpaired) electrons. The predicted molar refractivity (Wildman–Crippen MR) is 122 cm³/mol. The van der Waals surface area contributed by atoms with Crippen molar-refractivity contribution in [1.29, 1.82) is 0 Å². The summed E-state index contributed by atoms with van der Waals surface area (Å²) >= 11 is 12.8. The molecular weight excluding hydrogens is 439 g/mol. The van der Waals surface area contributed by atoms with E-state index >= 15 is 0 Å². The zero-order valence-electron chi connectivity index (χ0n) is 15.8. The molecule has 0 atom stereocenters. The maximum absolute atomic E-state index is 13.2. The fraction of sp³-hybridized carbons (Fsp3) is 0. The van der Waals surface area contributed by atoms with E-state index < -0.39 is 4.92 Å². The minimum Gasteiger partial charge on any atom is -0.278 e. The number of para-hydroxylation sites is 1. The summed E-state index contributed by atoms with van der Waals surface area (Å²) in [4.78, 5) is 23.6. The molecule has 0 spiro atoms. The number of aromatic nitrogens is 1. The Bertz CT molecular complexity index is 1350. The van der Waals surface area contributed by atoms with Gasteiger partial charge in [-0.15, -0.1) is 0 Å². The summed E-state index contributed by atoms with van der Waals surface area (Å²) in [6, 6.07) is 19.9. The number of hydrazone groups is 1. The molecule has 0 unspecified atom stereocenters. The minimum absolute atomic E-state index is 0.0554. The Morgan fingerprint density at radius 3 is 2.55 bits per heavy atom. The number of benzene rings is 3. The highest BCUT2D eigenvalue weighted by atomic mass is 35.5. The van der Waals surface area contributed by atoms with Crippen molar-refractivity contribution in [2.75, 3.05) is 5.43 Å². The molecule has 0 saturated heterocycles. The number of hydrogen-bond donors (Lipinski definition) is 1. The number of hydrogen-bond acceptors (Lipinski definition) is 5. The number of carbonyl (C=O) groups is 1. The summed E-state index contributed by atoms with van der Waals surface area (Å²) in [5.41, 5.74) is 4.59. The highest BCUT2D eigenvalue weighted by molar-refractivity contribution is 6.37. The first-order chi connectivity index (χ1) is 15.0. The number of fused-ring (bicyclic) bond motifs is 1. The number of nitro benzene ring substituents is 1. The lowest BCUT2D eigenvalue weighted by Gasteiger charge is -2.07. The van der Waals surface area contributed by atoms with Crippen LogP contribution in [-0.4, -0.2) is 21.6 Å². The molecule has 0 bridgehead atoms. The predicted octanol–water partition coefficient (Wildman–Crippen LogP) is 5.99. The topological polar surface area (TPSA) is 89.5 Å². The number of rotatable bonds is 5. The van der Waals surface area contributed by atoms with E-state index in [1.54, 1.807) is 48.5 Å². The van der Waals surface area contributed by atoms with Crippen molar-refractivity contribution in [2.45, 2.75) is 0 Å². The number of nitrogens with zero attached hydrogens (tertiary/aromatic N) is 3. The van der Waals surface area contributed by atoms with Gasteiger partial charge >= 0.3 is 0 Å². The Labute approximate surface area is 186 Å². The molecule has 7 nitrogen and oxygen atoms in total. The van der Waals surface area contributed by atoms with Crippen LogP contribution in [0.15, 0.2) is 77.9 Å². The van der Waals surface area contributed by atoms with Crippen molar-refractivity contribution in [3.63, 3.8) is 0 Å². The third-order valence-electron chi connectivity index (χ3n) is 4.61. The van der Waals surface area contributed by atoms with Gasteiger partial charge in [0.1, 0.15) is 5.15 Å². The Hall–Kier alpha value is -3.68. The monoisotopic (exact) mass is 452 g/mol. The van der Waals surface area contributed by atoms with Crippen LogP contribution in [-0.2, 0) is 0 Å². The van der Waals surface area contributed by atoms with Gasteiger partial charge in [0.05, 0.1) is 32.9 Å². The Morgan fingerprint density at radius 2 is 1.77 bits per heavy atom.